The number of para-hydroxylation sites is 1. The first kappa shape index (κ1) is 35.0. The standard InChI is InChI=1S/C39H46N6O4S/c1-39(2,3)49-38(47)43(4)28-16-19-45(20-17-28)18-10-9-12-27-23-41-36(40)34-29(24-50-35(27)34)25-14-15-30(33(22-25)48-6)42-37(46)32-21-26-11-7-8-13-31(26)44(32)5/h7-9,11-15,21-24,28H,10,16-20H2,1-6H3,(H2,40,41)(H,42,46). The summed E-state index contributed by atoms with van der Waals surface area (Å²) in [4.78, 5) is 34.5. The van der Waals surface area contributed by atoms with E-state index in [1.165, 1.54) is 0 Å². The molecule has 0 spiro atoms. The highest BCUT2D eigenvalue weighted by atomic mass is 32.1. The Bertz CT molecular complexity index is 2050. The molecule has 5 aromatic rings. The molecular formula is C39H46N6O4S. The van der Waals surface area contributed by atoms with Gasteiger partial charge in [0.15, 0.2) is 0 Å². The molecule has 50 heavy (non-hydrogen) atoms. The lowest BCUT2D eigenvalue weighted by molar-refractivity contribution is 0.0153. The van der Waals surface area contributed by atoms with Crippen molar-refractivity contribution in [1.82, 2.24) is 19.4 Å². The quantitative estimate of drug-likeness (QED) is 0.161. The number of ether oxygens (including phenoxy) is 2. The highest BCUT2D eigenvalue weighted by molar-refractivity contribution is 7.18. The summed E-state index contributed by atoms with van der Waals surface area (Å²) in [5.74, 6) is 0.813. The molecule has 0 bridgehead atoms. The lowest BCUT2D eigenvalue weighted by Crippen LogP contribution is -2.47. The number of fused-ring (bicyclic) bond motifs is 2. The number of aryl methyl sites for hydroxylation is 1. The number of amides is 2. The summed E-state index contributed by atoms with van der Waals surface area (Å²) >= 11 is 1.64. The minimum absolute atomic E-state index is 0.198. The number of carbonyl (C=O) groups is 2. The minimum Gasteiger partial charge on any atom is -0.495 e. The molecule has 4 heterocycles. The van der Waals surface area contributed by atoms with Gasteiger partial charge in [-0.15, -0.1) is 11.3 Å². The van der Waals surface area contributed by atoms with E-state index >= 15 is 0 Å². The Hall–Kier alpha value is -4.87. The van der Waals surface area contributed by atoms with Crippen molar-refractivity contribution < 1.29 is 19.1 Å². The molecule has 0 atom stereocenters. The van der Waals surface area contributed by atoms with E-state index in [9.17, 15) is 9.59 Å². The summed E-state index contributed by atoms with van der Waals surface area (Å²) < 4.78 is 14.2. The number of nitrogens with one attached hydrogen (secondary N) is 1. The smallest absolute Gasteiger partial charge is 0.410 e. The second-order valence-electron chi connectivity index (χ2n) is 13.8. The number of hydrogen-bond donors (Lipinski definition) is 2. The van der Waals surface area contributed by atoms with Crippen molar-refractivity contribution in [2.75, 3.05) is 44.8 Å². The van der Waals surface area contributed by atoms with E-state index in [4.69, 9.17) is 15.2 Å². The zero-order valence-corrected chi connectivity index (χ0v) is 30.5. The SMILES string of the molecule is COc1cc(-c2csc3c(C=CCCN4CCC(N(C)C(=O)OC(C)(C)C)CC4)cnc(N)c23)ccc1NC(=O)c1cc2ccccc2n1C. The van der Waals surface area contributed by atoms with E-state index in [0.29, 0.717) is 22.9 Å². The number of methoxy groups -OCH3 is 1. The zero-order valence-electron chi connectivity index (χ0n) is 29.7. The second kappa shape index (κ2) is 14.5. The average molecular weight is 695 g/mol. The maximum atomic E-state index is 13.3. The van der Waals surface area contributed by atoms with Crippen LogP contribution in [0.1, 0.15) is 56.1 Å². The predicted molar refractivity (Wildman–Crippen MR) is 204 cm³/mol. The second-order valence-corrected chi connectivity index (χ2v) is 14.7. The average Bonchev–Trinajstić information content (AvgIpc) is 3.69. The Morgan fingerprint density at radius 3 is 2.62 bits per heavy atom. The first-order valence-corrected chi connectivity index (χ1v) is 17.9. The molecule has 0 saturated carbocycles. The Kier molecular flexibility index (Phi) is 10.2. The fraction of sp³-hybridized carbons (Fsp3) is 0.359. The largest absolute Gasteiger partial charge is 0.495 e. The molecule has 262 valence electrons. The van der Waals surface area contributed by atoms with Crippen LogP contribution in [0.4, 0.5) is 16.3 Å². The van der Waals surface area contributed by atoms with E-state index in [2.05, 4.69) is 32.7 Å². The molecule has 3 N–H and O–H groups in total. The van der Waals surface area contributed by atoms with Crippen LogP contribution in [0.5, 0.6) is 5.75 Å². The molecule has 10 nitrogen and oxygen atoms in total. The molecule has 3 aromatic heterocycles. The Balaban J connectivity index is 1.10. The molecule has 2 amide bonds. The van der Waals surface area contributed by atoms with Crippen LogP contribution in [0.2, 0.25) is 0 Å². The third-order valence-electron chi connectivity index (χ3n) is 9.29. The van der Waals surface area contributed by atoms with Gasteiger partial charge >= 0.3 is 6.09 Å². The van der Waals surface area contributed by atoms with Crippen LogP contribution in [0, 0.1) is 0 Å². The number of thiophene rings is 1. The van der Waals surface area contributed by atoms with E-state index in [-0.39, 0.29) is 18.0 Å². The number of benzene rings is 2. The predicted octanol–water partition coefficient (Wildman–Crippen LogP) is 8.03. The van der Waals surface area contributed by atoms with Crippen LogP contribution in [0.15, 0.2) is 66.2 Å². The number of hydrogen-bond acceptors (Lipinski definition) is 8. The molecule has 1 aliphatic heterocycles. The summed E-state index contributed by atoms with van der Waals surface area (Å²) in [7, 11) is 5.33. The molecule has 11 heteroatoms. The van der Waals surface area contributed by atoms with Crippen molar-refractivity contribution >= 4 is 61.9 Å². The number of anilines is 2. The van der Waals surface area contributed by atoms with Gasteiger partial charge in [-0.3, -0.25) is 4.79 Å². The molecule has 0 radical (unpaired) electrons. The number of nitrogen functional groups attached to an aromatic ring is 1. The van der Waals surface area contributed by atoms with Gasteiger partial charge in [-0.25, -0.2) is 9.78 Å². The fourth-order valence-corrected chi connectivity index (χ4v) is 7.63. The molecule has 0 unspecified atom stereocenters. The summed E-state index contributed by atoms with van der Waals surface area (Å²) in [6, 6.07) is 15.8. The third kappa shape index (κ3) is 7.49. The maximum Gasteiger partial charge on any atom is 0.410 e. The molecule has 1 saturated heterocycles. The topological polar surface area (TPSA) is 115 Å². The highest BCUT2D eigenvalue weighted by Crippen LogP contribution is 2.41. The van der Waals surface area contributed by atoms with Gasteiger partial charge in [0, 0.05) is 78.1 Å². The van der Waals surface area contributed by atoms with Crippen LogP contribution < -0.4 is 15.8 Å². The van der Waals surface area contributed by atoms with Crippen molar-refractivity contribution in [3.8, 4) is 16.9 Å². The normalized spacial score (nSPS) is 14.4. The molecule has 6 rings (SSSR count). The van der Waals surface area contributed by atoms with E-state index < -0.39 is 5.60 Å². The van der Waals surface area contributed by atoms with Gasteiger partial charge in [-0.2, -0.15) is 0 Å². The number of carbonyl (C=O) groups excluding carboxylic acids is 2. The first-order valence-electron chi connectivity index (χ1n) is 17.0. The van der Waals surface area contributed by atoms with Crippen LogP contribution in [-0.4, -0.2) is 76.8 Å². The van der Waals surface area contributed by atoms with Crippen molar-refractivity contribution in [1.29, 1.82) is 0 Å². The zero-order chi connectivity index (χ0) is 35.6. The molecule has 0 aliphatic carbocycles. The summed E-state index contributed by atoms with van der Waals surface area (Å²) in [6.45, 7) is 8.53. The lowest BCUT2D eigenvalue weighted by atomic mass is 10.0. The maximum absolute atomic E-state index is 13.3. The fourth-order valence-electron chi connectivity index (χ4n) is 6.55. The number of nitrogens with zero attached hydrogens (tertiary/aromatic N) is 4. The molecule has 1 aliphatic rings. The van der Waals surface area contributed by atoms with Crippen molar-refractivity contribution in [2.45, 2.75) is 51.7 Å². The molecular weight excluding hydrogens is 649 g/mol. The molecule has 2 aromatic carbocycles. The summed E-state index contributed by atoms with van der Waals surface area (Å²) in [5, 5.41) is 7.04. The van der Waals surface area contributed by atoms with Crippen molar-refractivity contribution in [3.05, 3.63) is 77.4 Å². The van der Waals surface area contributed by atoms with E-state index in [1.807, 2.05) is 94.2 Å². The Labute approximate surface area is 297 Å². The first-order chi connectivity index (χ1) is 23.9. The van der Waals surface area contributed by atoms with Crippen LogP contribution in [0.25, 0.3) is 38.2 Å². The highest BCUT2D eigenvalue weighted by Gasteiger charge is 2.28. The lowest BCUT2D eigenvalue weighted by Gasteiger charge is -2.37. The Morgan fingerprint density at radius 1 is 1.14 bits per heavy atom. The van der Waals surface area contributed by atoms with Gasteiger partial charge in [0.25, 0.3) is 5.91 Å². The number of rotatable bonds is 9. The molecule has 1 fully saturated rings. The number of nitrogens with two attached hydrogens (primary N) is 1. The van der Waals surface area contributed by atoms with Gasteiger partial charge in [0.1, 0.15) is 22.9 Å². The summed E-state index contributed by atoms with van der Waals surface area (Å²) in [6.07, 6.45) is 8.67. The number of likely N-dealkylation sites (tertiary alicyclic amines) is 1. The van der Waals surface area contributed by atoms with Crippen LogP contribution >= 0.6 is 11.3 Å². The van der Waals surface area contributed by atoms with Gasteiger partial charge in [0.2, 0.25) is 0 Å². The van der Waals surface area contributed by atoms with Gasteiger partial charge < -0.3 is 34.9 Å². The van der Waals surface area contributed by atoms with E-state index in [0.717, 1.165) is 76.6 Å². The van der Waals surface area contributed by atoms with Gasteiger partial charge in [-0.05, 0) is 75.2 Å². The van der Waals surface area contributed by atoms with Crippen LogP contribution in [0.3, 0.4) is 0 Å². The summed E-state index contributed by atoms with van der Waals surface area (Å²) in [5.41, 5.74) is 11.0. The third-order valence-corrected chi connectivity index (χ3v) is 10.3. The van der Waals surface area contributed by atoms with Gasteiger partial charge in [0.05, 0.1) is 12.8 Å². The van der Waals surface area contributed by atoms with Crippen molar-refractivity contribution in [2.24, 2.45) is 7.05 Å². The number of pyridine rings is 1. The van der Waals surface area contributed by atoms with Crippen LogP contribution in [-0.2, 0) is 11.8 Å². The number of aromatic nitrogens is 2. The number of piperidine rings is 1. The minimum atomic E-state index is -0.492. The van der Waals surface area contributed by atoms with Gasteiger partial charge in [-0.1, -0.05) is 36.4 Å². The van der Waals surface area contributed by atoms with E-state index in [1.54, 1.807) is 23.3 Å². The monoisotopic (exact) mass is 694 g/mol. The van der Waals surface area contributed by atoms with Crippen molar-refractivity contribution in [3.63, 3.8) is 0 Å². The Morgan fingerprint density at radius 2 is 1.90 bits per heavy atom.